The van der Waals surface area contributed by atoms with Crippen LogP contribution in [0.2, 0.25) is 0 Å². The maximum absolute atomic E-state index is 12.5. The van der Waals surface area contributed by atoms with Crippen LogP contribution < -0.4 is 0 Å². The minimum Gasteiger partial charge on any atom is -0.381 e. The van der Waals surface area contributed by atoms with E-state index in [1.165, 1.54) is 0 Å². The number of rotatable bonds is 1. The van der Waals surface area contributed by atoms with Gasteiger partial charge in [-0.15, -0.1) is 0 Å². The van der Waals surface area contributed by atoms with Gasteiger partial charge < -0.3 is 4.74 Å². The Balaban J connectivity index is 2.23. The number of alkyl halides is 1. The molecule has 0 aromatic carbocycles. The Morgan fingerprint density at radius 3 is 2.33 bits per heavy atom. The molecule has 0 aromatic rings. The fourth-order valence-corrected chi connectivity index (χ4v) is 1.18. The summed E-state index contributed by atoms with van der Waals surface area (Å²) in [4.78, 5) is 0. The van der Waals surface area contributed by atoms with E-state index in [0.717, 1.165) is 26.1 Å². The highest BCUT2D eigenvalue weighted by Crippen LogP contribution is 2.20. The summed E-state index contributed by atoms with van der Waals surface area (Å²) in [5, 5.41) is 0. The van der Waals surface area contributed by atoms with E-state index < -0.39 is 6.17 Å². The Morgan fingerprint density at radius 2 is 2.00 bits per heavy atom. The average molecular weight is 132 g/mol. The standard InChI is InChI=1S/C7H13FO/c1-6(8)7-2-4-9-5-3-7/h6-7H,2-5H2,1H3. The predicted molar refractivity (Wildman–Crippen MR) is 34.1 cm³/mol. The number of halogens is 1. The molecule has 1 unspecified atom stereocenters. The Kier molecular flexibility index (Phi) is 2.46. The molecule has 1 atom stereocenters. The van der Waals surface area contributed by atoms with Crippen LogP contribution in [-0.4, -0.2) is 19.4 Å². The van der Waals surface area contributed by atoms with Crippen LogP contribution in [0.4, 0.5) is 4.39 Å². The Labute approximate surface area is 55.2 Å². The van der Waals surface area contributed by atoms with Crippen molar-refractivity contribution >= 4 is 0 Å². The highest BCUT2D eigenvalue weighted by Gasteiger charge is 2.19. The molecule has 0 aliphatic carbocycles. The van der Waals surface area contributed by atoms with Crippen LogP contribution in [0.1, 0.15) is 19.8 Å². The van der Waals surface area contributed by atoms with Gasteiger partial charge in [0.25, 0.3) is 0 Å². The first kappa shape index (κ1) is 7.00. The van der Waals surface area contributed by atoms with Crippen LogP contribution in [-0.2, 0) is 4.74 Å². The summed E-state index contributed by atoms with van der Waals surface area (Å²) in [5.74, 6) is 0.263. The molecular formula is C7H13FO. The second kappa shape index (κ2) is 3.16. The molecule has 1 aliphatic rings. The molecule has 54 valence electrons. The van der Waals surface area contributed by atoms with E-state index in [1.54, 1.807) is 6.92 Å². The van der Waals surface area contributed by atoms with Crippen LogP contribution in [0.5, 0.6) is 0 Å². The zero-order valence-electron chi connectivity index (χ0n) is 5.77. The lowest BCUT2D eigenvalue weighted by molar-refractivity contribution is 0.0410. The summed E-state index contributed by atoms with van der Waals surface area (Å²) in [5.41, 5.74) is 0. The van der Waals surface area contributed by atoms with Crippen molar-refractivity contribution in [1.29, 1.82) is 0 Å². The summed E-state index contributed by atoms with van der Waals surface area (Å²) in [6.45, 7) is 3.13. The lowest BCUT2D eigenvalue weighted by Gasteiger charge is -2.22. The second-order valence-electron chi connectivity index (χ2n) is 2.63. The molecule has 0 aromatic heterocycles. The monoisotopic (exact) mass is 132 g/mol. The maximum atomic E-state index is 12.5. The van der Waals surface area contributed by atoms with Crippen LogP contribution in [0.3, 0.4) is 0 Å². The first-order valence-corrected chi connectivity index (χ1v) is 3.52. The molecule has 1 fully saturated rings. The van der Waals surface area contributed by atoms with E-state index in [2.05, 4.69) is 0 Å². The van der Waals surface area contributed by atoms with E-state index in [1.807, 2.05) is 0 Å². The zero-order chi connectivity index (χ0) is 6.69. The van der Waals surface area contributed by atoms with Gasteiger partial charge in [-0.05, 0) is 25.7 Å². The van der Waals surface area contributed by atoms with Gasteiger partial charge in [0.1, 0.15) is 6.17 Å². The summed E-state index contributed by atoms with van der Waals surface area (Å²) < 4.78 is 17.6. The molecule has 1 heterocycles. The van der Waals surface area contributed by atoms with E-state index in [9.17, 15) is 4.39 Å². The second-order valence-corrected chi connectivity index (χ2v) is 2.63. The normalized spacial score (nSPS) is 26.0. The molecular weight excluding hydrogens is 119 g/mol. The minimum absolute atomic E-state index is 0.263. The van der Waals surface area contributed by atoms with Gasteiger partial charge in [0.05, 0.1) is 0 Å². The molecule has 0 saturated carbocycles. The molecule has 1 saturated heterocycles. The third-order valence-electron chi connectivity index (χ3n) is 1.92. The molecule has 1 nitrogen and oxygen atoms in total. The van der Waals surface area contributed by atoms with Crippen LogP contribution in [0, 0.1) is 5.92 Å². The molecule has 1 aliphatic heterocycles. The lowest BCUT2D eigenvalue weighted by atomic mass is 9.96. The maximum Gasteiger partial charge on any atom is 0.100 e. The van der Waals surface area contributed by atoms with Gasteiger partial charge in [-0.1, -0.05) is 0 Å². The van der Waals surface area contributed by atoms with Gasteiger partial charge in [0, 0.05) is 13.2 Å². The minimum atomic E-state index is -0.645. The van der Waals surface area contributed by atoms with Gasteiger partial charge in [-0.2, -0.15) is 0 Å². The first-order chi connectivity index (χ1) is 4.30. The molecule has 0 amide bonds. The Bertz CT molecular complexity index is 77.0. The highest BCUT2D eigenvalue weighted by molar-refractivity contribution is 4.67. The van der Waals surface area contributed by atoms with Crippen molar-refractivity contribution in [3.63, 3.8) is 0 Å². The van der Waals surface area contributed by atoms with Gasteiger partial charge in [-0.25, -0.2) is 4.39 Å². The van der Waals surface area contributed by atoms with Crippen molar-refractivity contribution < 1.29 is 9.13 Å². The summed E-state index contributed by atoms with van der Waals surface area (Å²) in [6, 6.07) is 0. The summed E-state index contributed by atoms with van der Waals surface area (Å²) in [6.07, 6.45) is 1.16. The van der Waals surface area contributed by atoms with Gasteiger partial charge in [0.15, 0.2) is 0 Å². The lowest BCUT2D eigenvalue weighted by Crippen LogP contribution is -2.22. The molecule has 1 rings (SSSR count). The van der Waals surface area contributed by atoms with E-state index >= 15 is 0 Å². The molecule has 0 N–H and O–H groups in total. The molecule has 2 heteroatoms. The quantitative estimate of drug-likeness (QED) is 0.528. The van der Waals surface area contributed by atoms with E-state index in [-0.39, 0.29) is 5.92 Å². The van der Waals surface area contributed by atoms with Crippen LogP contribution in [0.25, 0.3) is 0 Å². The number of hydrogen-bond acceptors (Lipinski definition) is 1. The number of hydrogen-bond donors (Lipinski definition) is 0. The topological polar surface area (TPSA) is 9.23 Å². The predicted octanol–water partition coefficient (Wildman–Crippen LogP) is 1.77. The SMILES string of the molecule is CC(F)C1CCOCC1. The van der Waals surface area contributed by atoms with Crippen molar-refractivity contribution in [1.82, 2.24) is 0 Å². The molecule has 0 radical (unpaired) electrons. The van der Waals surface area contributed by atoms with Crippen LogP contribution in [0.15, 0.2) is 0 Å². The Morgan fingerprint density at radius 1 is 1.44 bits per heavy atom. The molecule has 0 bridgehead atoms. The fraction of sp³-hybridized carbons (Fsp3) is 1.00. The largest absolute Gasteiger partial charge is 0.381 e. The summed E-state index contributed by atoms with van der Waals surface area (Å²) >= 11 is 0. The fourth-order valence-electron chi connectivity index (χ4n) is 1.18. The van der Waals surface area contributed by atoms with Gasteiger partial charge >= 0.3 is 0 Å². The first-order valence-electron chi connectivity index (χ1n) is 3.52. The third-order valence-corrected chi connectivity index (χ3v) is 1.92. The number of ether oxygens (including phenoxy) is 1. The van der Waals surface area contributed by atoms with Crippen molar-refractivity contribution in [2.75, 3.05) is 13.2 Å². The van der Waals surface area contributed by atoms with Gasteiger partial charge in [0.2, 0.25) is 0 Å². The van der Waals surface area contributed by atoms with E-state index in [0.29, 0.717) is 0 Å². The van der Waals surface area contributed by atoms with Crippen molar-refractivity contribution in [3.05, 3.63) is 0 Å². The van der Waals surface area contributed by atoms with E-state index in [4.69, 9.17) is 4.74 Å². The molecule has 0 spiro atoms. The summed E-state index contributed by atoms with van der Waals surface area (Å²) in [7, 11) is 0. The smallest absolute Gasteiger partial charge is 0.100 e. The van der Waals surface area contributed by atoms with Crippen molar-refractivity contribution in [2.45, 2.75) is 25.9 Å². The average Bonchev–Trinajstić information content (AvgIpc) is 1.90. The van der Waals surface area contributed by atoms with Crippen LogP contribution >= 0.6 is 0 Å². The van der Waals surface area contributed by atoms with Gasteiger partial charge in [-0.3, -0.25) is 0 Å². The zero-order valence-corrected chi connectivity index (χ0v) is 5.77. The third kappa shape index (κ3) is 1.94. The Hall–Kier alpha value is -0.110. The van der Waals surface area contributed by atoms with Crippen molar-refractivity contribution in [3.8, 4) is 0 Å². The van der Waals surface area contributed by atoms with Crippen molar-refractivity contribution in [2.24, 2.45) is 5.92 Å². The highest BCUT2D eigenvalue weighted by atomic mass is 19.1. The molecule has 9 heavy (non-hydrogen) atoms.